The van der Waals surface area contributed by atoms with Gasteiger partial charge in [-0.15, -0.1) is 0 Å². The van der Waals surface area contributed by atoms with Gasteiger partial charge in [0.15, 0.2) is 5.78 Å². The van der Waals surface area contributed by atoms with Crippen molar-refractivity contribution in [1.29, 1.82) is 5.26 Å². The standard InChI is InChI=1S/C10H4BrF3N2O3/c11-3-9(17)6-1-5(10(12,13)14)2-8(16(18)19)7(6)4-15/h1-2H,3H2. The van der Waals surface area contributed by atoms with Crippen LogP contribution in [0.1, 0.15) is 21.5 Å². The Morgan fingerprint density at radius 1 is 1.47 bits per heavy atom. The average molecular weight is 337 g/mol. The van der Waals surface area contributed by atoms with E-state index in [1.807, 2.05) is 0 Å². The van der Waals surface area contributed by atoms with Crippen molar-refractivity contribution in [3.05, 3.63) is 38.9 Å². The van der Waals surface area contributed by atoms with E-state index in [4.69, 9.17) is 5.26 Å². The number of nitriles is 1. The molecule has 0 fully saturated rings. The summed E-state index contributed by atoms with van der Waals surface area (Å²) in [5, 5.41) is 19.1. The van der Waals surface area contributed by atoms with E-state index < -0.39 is 39.3 Å². The van der Waals surface area contributed by atoms with Crippen LogP contribution in [0, 0.1) is 21.4 Å². The second-order valence-electron chi connectivity index (χ2n) is 3.34. The molecule has 0 aliphatic carbocycles. The van der Waals surface area contributed by atoms with E-state index in [-0.39, 0.29) is 11.4 Å². The number of hydrogen-bond acceptors (Lipinski definition) is 4. The SMILES string of the molecule is N#Cc1c(C(=O)CBr)cc(C(F)(F)F)cc1[N+](=O)[O-]. The number of halogens is 4. The van der Waals surface area contributed by atoms with Crippen molar-refractivity contribution < 1.29 is 22.9 Å². The van der Waals surface area contributed by atoms with Crippen LogP contribution in [0.2, 0.25) is 0 Å². The first-order chi connectivity index (χ1) is 8.72. The monoisotopic (exact) mass is 336 g/mol. The van der Waals surface area contributed by atoms with Crippen LogP contribution in [0.5, 0.6) is 0 Å². The topological polar surface area (TPSA) is 84.0 Å². The van der Waals surface area contributed by atoms with Gasteiger partial charge in [0.1, 0.15) is 11.6 Å². The Hall–Kier alpha value is -1.95. The Kier molecular flexibility index (Phi) is 4.26. The molecule has 0 saturated heterocycles. The van der Waals surface area contributed by atoms with E-state index in [9.17, 15) is 28.1 Å². The van der Waals surface area contributed by atoms with E-state index in [2.05, 4.69) is 15.9 Å². The van der Waals surface area contributed by atoms with Crippen molar-refractivity contribution in [3.63, 3.8) is 0 Å². The molecule has 1 aromatic rings. The molecule has 0 bridgehead atoms. The summed E-state index contributed by atoms with van der Waals surface area (Å²) in [5.74, 6) is -0.842. The first kappa shape index (κ1) is 15.1. The van der Waals surface area contributed by atoms with Crippen LogP contribution in [0.4, 0.5) is 18.9 Å². The maximum Gasteiger partial charge on any atom is 0.416 e. The normalized spacial score (nSPS) is 10.9. The Labute approximate surface area is 112 Å². The van der Waals surface area contributed by atoms with E-state index in [0.717, 1.165) is 0 Å². The van der Waals surface area contributed by atoms with Gasteiger partial charge in [-0.05, 0) is 6.07 Å². The highest BCUT2D eigenvalue weighted by molar-refractivity contribution is 9.09. The summed E-state index contributed by atoms with van der Waals surface area (Å²) in [7, 11) is 0. The fourth-order valence-corrected chi connectivity index (χ4v) is 1.65. The molecule has 19 heavy (non-hydrogen) atoms. The van der Waals surface area contributed by atoms with E-state index >= 15 is 0 Å². The fraction of sp³-hybridized carbons (Fsp3) is 0.200. The molecule has 1 aromatic carbocycles. The zero-order valence-electron chi connectivity index (χ0n) is 8.99. The van der Waals surface area contributed by atoms with Gasteiger partial charge in [0.2, 0.25) is 0 Å². The van der Waals surface area contributed by atoms with Crippen LogP contribution in [0.15, 0.2) is 12.1 Å². The van der Waals surface area contributed by atoms with Gasteiger partial charge in [0.25, 0.3) is 5.69 Å². The number of carbonyl (C=O) groups excluding carboxylic acids is 1. The summed E-state index contributed by atoms with van der Waals surface area (Å²) in [6.45, 7) is 0. The third-order valence-electron chi connectivity index (χ3n) is 2.18. The van der Waals surface area contributed by atoms with Crippen LogP contribution in [-0.2, 0) is 6.18 Å². The Morgan fingerprint density at radius 3 is 2.42 bits per heavy atom. The number of nitro groups is 1. The van der Waals surface area contributed by atoms with E-state index in [1.165, 1.54) is 6.07 Å². The summed E-state index contributed by atoms with van der Waals surface area (Å²) in [5.41, 5.74) is -3.69. The lowest BCUT2D eigenvalue weighted by atomic mass is 9.99. The second-order valence-corrected chi connectivity index (χ2v) is 3.90. The smallest absolute Gasteiger partial charge is 0.293 e. The molecule has 0 unspecified atom stereocenters. The van der Waals surface area contributed by atoms with Crippen LogP contribution < -0.4 is 0 Å². The Bertz CT molecular complexity index is 593. The molecule has 0 heterocycles. The summed E-state index contributed by atoms with van der Waals surface area (Å²) in [6, 6.07) is 2.07. The highest BCUT2D eigenvalue weighted by Gasteiger charge is 2.35. The molecule has 0 atom stereocenters. The number of hydrogen-bond donors (Lipinski definition) is 0. The van der Waals surface area contributed by atoms with Gasteiger partial charge in [-0.3, -0.25) is 14.9 Å². The van der Waals surface area contributed by atoms with Crippen molar-refractivity contribution in [2.45, 2.75) is 6.18 Å². The molecule has 0 spiro atoms. The molecular weight excluding hydrogens is 333 g/mol. The molecule has 0 saturated carbocycles. The van der Waals surface area contributed by atoms with E-state index in [1.54, 1.807) is 0 Å². The molecular formula is C10H4BrF3N2O3. The summed E-state index contributed by atoms with van der Waals surface area (Å²) >= 11 is 2.74. The maximum absolute atomic E-state index is 12.6. The number of nitro benzene ring substituents is 1. The van der Waals surface area contributed by atoms with Crippen molar-refractivity contribution >= 4 is 27.4 Å². The number of rotatable bonds is 3. The van der Waals surface area contributed by atoms with E-state index in [0.29, 0.717) is 6.07 Å². The van der Waals surface area contributed by atoms with Gasteiger partial charge in [0, 0.05) is 11.6 Å². The summed E-state index contributed by atoms with van der Waals surface area (Å²) in [6.07, 6.45) is -4.85. The highest BCUT2D eigenvalue weighted by Crippen LogP contribution is 2.35. The minimum atomic E-state index is -4.85. The summed E-state index contributed by atoms with van der Waals surface area (Å²) < 4.78 is 37.8. The first-order valence-corrected chi connectivity index (χ1v) is 5.73. The summed E-state index contributed by atoms with van der Waals surface area (Å²) in [4.78, 5) is 21.0. The van der Waals surface area contributed by atoms with Crippen molar-refractivity contribution in [2.24, 2.45) is 0 Å². The fourth-order valence-electron chi connectivity index (χ4n) is 1.34. The predicted octanol–water partition coefficient (Wildman–Crippen LogP) is 3.06. The number of ketones is 1. The number of Topliss-reactive ketones (excluding diaryl/α,β-unsaturated/α-hetero) is 1. The van der Waals surface area contributed by atoms with Crippen LogP contribution >= 0.6 is 15.9 Å². The van der Waals surface area contributed by atoms with Crippen molar-refractivity contribution in [1.82, 2.24) is 0 Å². The Morgan fingerprint density at radius 2 is 2.05 bits per heavy atom. The van der Waals surface area contributed by atoms with Gasteiger partial charge in [-0.2, -0.15) is 18.4 Å². The zero-order chi connectivity index (χ0) is 14.8. The Balaban J connectivity index is 3.70. The maximum atomic E-state index is 12.6. The van der Waals surface area contributed by atoms with Crippen LogP contribution in [0.25, 0.3) is 0 Å². The van der Waals surface area contributed by atoms with Crippen LogP contribution in [0.3, 0.4) is 0 Å². The number of carbonyl (C=O) groups is 1. The lowest BCUT2D eigenvalue weighted by Gasteiger charge is -2.09. The molecule has 5 nitrogen and oxygen atoms in total. The molecule has 0 aliphatic heterocycles. The average Bonchev–Trinajstić information content (AvgIpc) is 2.34. The molecule has 1 rings (SSSR count). The third-order valence-corrected chi connectivity index (χ3v) is 2.68. The first-order valence-electron chi connectivity index (χ1n) is 4.61. The molecule has 0 N–H and O–H groups in total. The molecule has 9 heteroatoms. The van der Waals surface area contributed by atoms with Gasteiger partial charge in [-0.25, -0.2) is 0 Å². The zero-order valence-corrected chi connectivity index (χ0v) is 10.6. The van der Waals surface area contributed by atoms with Crippen molar-refractivity contribution in [3.8, 4) is 6.07 Å². The lowest BCUT2D eigenvalue weighted by molar-refractivity contribution is -0.385. The van der Waals surface area contributed by atoms with Gasteiger partial charge in [-0.1, -0.05) is 15.9 Å². The second kappa shape index (κ2) is 5.36. The largest absolute Gasteiger partial charge is 0.416 e. The number of alkyl halides is 4. The quantitative estimate of drug-likeness (QED) is 0.367. The van der Waals surface area contributed by atoms with Gasteiger partial charge >= 0.3 is 6.18 Å². The predicted molar refractivity (Wildman–Crippen MR) is 60.9 cm³/mol. The third kappa shape index (κ3) is 3.08. The number of benzene rings is 1. The number of nitrogens with zero attached hydrogens (tertiary/aromatic N) is 2. The minimum absolute atomic E-state index is 0.240. The van der Waals surface area contributed by atoms with Crippen molar-refractivity contribution in [2.75, 3.05) is 5.33 Å². The highest BCUT2D eigenvalue weighted by atomic mass is 79.9. The molecule has 0 aliphatic rings. The molecule has 100 valence electrons. The molecule has 0 amide bonds. The lowest BCUT2D eigenvalue weighted by Crippen LogP contribution is -2.12. The van der Waals surface area contributed by atoms with Crippen LogP contribution in [-0.4, -0.2) is 16.0 Å². The van der Waals surface area contributed by atoms with Gasteiger partial charge < -0.3 is 0 Å². The van der Waals surface area contributed by atoms with Gasteiger partial charge in [0.05, 0.1) is 15.8 Å². The minimum Gasteiger partial charge on any atom is -0.293 e. The molecule has 0 radical (unpaired) electrons. The molecule has 0 aromatic heterocycles.